The van der Waals surface area contributed by atoms with E-state index in [9.17, 15) is 14.4 Å². The van der Waals surface area contributed by atoms with E-state index in [1.54, 1.807) is 49.4 Å². The molecule has 4 amide bonds. The minimum Gasteiger partial charge on any atom is -0.490 e. The quantitative estimate of drug-likeness (QED) is 0.472. The Bertz CT molecular complexity index is 1010. The molecule has 0 atom stereocenters. The minimum atomic E-state index is -0.824. The van der Waals surface area contributed by atoms with Gasteiger partial charge < -0.3 is 4.74 Å². The van der Waals surface area contributed by atoms with Crippen molar-refractivity contribution >= 4 is 41.2 Å². The van der Waals surface area contributed by atoms with Crippen molar-refractivity contribution in [1.82, 2.24) is 5.32 Å². The lowest BCUT2D eigenvalue weighted by Gasteiger charge is -2.26. The first-order valence-corrected chi connectivity index (χ1v) is 8.80. The summed E-state index contributed by atoms with van der Waals surface area (Å²) < 4.78 is 5.46. The summed E-state index contributed by atoms with van der Waals surface area (Å²) in [5.41, 5.74) is 1.49. The van der Waals surface area contributed by atoms with Gasteiger partial charge >= 0.3 is 6.03 Å². The van der Waals surface area contributed by atoms with Crippen LogP contribution >= 0.6 is 11.6 Å². The fourth-order valence-corrected chi connectivity index (χ4v) is 2.80. The Morgan fingerprint density at radius 1 is 1.18 bits per heavy atom. The highest BCUT2D eigenvalue weighted by Crippen LogP contribution is 2.27. The van der Waals surface area contributed by atoms with E-state index < -0.39 is 17.8 Å². The summed E-state index contributed by atoms with van der Waals surface area (Å²) in [5.74, 6) is -0.927. The lowest BCUT2D eigenvalue weighted by Crippen LogP contribution is -2.54. The van der Waals surface area contributed by atoms with Crippen molar-refractivity contribution in [2.45, 2.75) is 6.92 Å². The molecule has 1 aliphatic rings. The van der Waals surface area contributed by atoms with Gasteiger partial charge in [0.2, 0.25) is 0 Å². The molecule has 0 spiro atoms. The van der Waals surface area contributed by atoms with Crippen molar-refractivity contribution in [2.24, 2.45) is 0 Å². The van der Waals surface area contributed by atoms with Crippen LogP contribution in [0.5, 0.6) is 5.75 Å². The summed E-state index contributed by atoms with van der Waals surface area (Å²) in [4.78, 5) is 38.3. The Morgan fingerprint density at radius 2 is 1.96 bits per heavy atom. The molecule has 0 saturated carbocycles. The molecule has 3 rings (SSSR count). The molecule has 7 heteroatoms. The van der Waals surface area contributed by atoms with Gasteiger partial charge in [0.1, 0.15) is 17.9 Å². The maximum Gasteiger partial charge on any atom is 0.335 e. The van der Waals surface area contributed by atoms with E-state index in [1.807, 2.05) is 0 Å². The molecule has 0 aromatic heterocycles. The average molecular weight is 397 g/mol. The molecule has 2 aromatic rings. The second-order valence-electron chi connectivity index (χ2n) is 6.06. The largest absolute Gasteiger partial charge is 0.490 e. The molecule has 0 unspecified atom stereocenters. The molecule has 2 aromatic carbocycles. The molecular formula is C21H17ClN2O4. The van der Waals surface area contributed by atoms with Crippen molar-refractivity contribution < 1.29 is 19.1 Å². The van der Waals surface area contributed by atoms with Gasteiger partial charge in [-0.3, -0.25) is 14.9 Å². The predicted octanol–water partition coefficient (Wildman–Crippen LogP) is 3.88. The summed E-state index contributed by atoms with van der Waals surface area (Å²) in [7, 11) is 0. The standard InChI is InChI=1S/C21H17ClN2O4/c1-3-9-28-16-6-4-5-14(10-16)11-17-19(25)23-21(27)24(20(17)26)15-8-7-13(2)18(22)12-15/h3-8,10-12H,1,9H2,2H3,(H,23,25,27)/b17-11-. The number of carbonyl (C=O) groups excluding carboxylic acids is 3. The Kier molecular flexibility index (Phi) is 5.61. The topological polar surface area (TPSA) is 75.7 Å². The fraction of sp³-hybridized carbons (Fsp3) is 0.0952. The lowest BCUT2D eigenvalue weighted by atomic mass is 10.1. The third-order valence-corrected chi connectivity index (χ3v) is 4.46. The molecular weight excluding hydrogens is 380 g/mol. The molecule has 1 aliphatic heterocycles. The van der Waals surface area contributed by atoms with Crippen LogP contribution in [0.4, 0.5) is 10.5 Å². The number of rotatable bonds is 5. The van der Waals surface area contributed by atoms with E-state index >= 15 is 0 Å². The monoisotopic (exact) mass is 396 g/mol. The molecule has 0 aliphatic carbocycles. The zero-order valence-electron chi connectivity index (χ0n) is 15.1. The Hall–Kier alpha value is -3.38. The molecule has 0 radical (unpaired) electrons. The van der Waals surface area contributed by atoms with Crippen molar-refractivity contribution in [3.05, 3.63) is 76.8 Å². The zero-order valence-corrected chi connectivity index (χ0v) is 15.8. The van der Waals surface area contributed by atoms with Gasteiger partial charge in [0.05, 0.1) is 5.69 Å². The van der Waals surface area contributed by atoms with Crippen LogP contribution in [0.15, 0.2) is 60.7 Å². The van der Waals surface area contributed by atoms with E-state index in [2.05, 4.69) is 11.9 Å². The summed E-state index contributed by atoms with van der Waals surface area (Å²) in [5, 5.41) is 2.59. The van der Waals surface area contributed by atoms with E-state index in [0.29, 0.717) is 22.9 Å². The van der Waals surface area contributed by atoms with Gasteiger partial charge in [-0.1, -0.05) is 42.5 Å². The third kappa shape index (κ3) is 3.97. The first-order chi connectivity index (χ1) is 13.4. The molecule has 1 saturated heterocycles. The Labute approximate surface area is 167 Å². The summed E-state index contributed by atoms with van der Waals surface area (Å²) >= 11 is 6.11. The van der Waals surface area contributed by atoms with Crippen LogP contribution in [0.25, 0.3) is 6.08 Å². The van der Waals surface area contributed by atoms with Crippen molar-refractivity contribution in [1.29, 1.82) is 0 Å². The maximum atomic E-state index is 12.9. The number of nitrogens with one attached hydrogen (secondary N) is 1. The maximum absolute atomic E-state index is 12.9. The molecule has 6 nitrogen and oxygen atoms in total. The molecule has 1 heterocycles. The van der Waals surface area contributed by atoms with Crippen LogP contribution < -0.4 is 15.0 Å². The van der Waals surface area contributed by atoms with Gasteiger partial charge in [0.25, 0.3) is 11.8 Å². The number of aryl methyl sites for hydroxylation is 1. The number of imide groups is 2. The summed E-state index contributed by atoms with van der Waals surface area (Å²) in [6, 6.07) is 10.9. The first kappa shape index (κ1) is 19.4. The number of benzene rings is 2. The average Bonchev–Trinajstić information content (AvgIpc) is 2.66. The SMILES string of the molecule is C=CCOc1cccc(/C=C2/C(=O)NC(=O)N(c3ccc(C)c(Cl)c3)C2=O)c1. The van der Waals surface area contributed by atoms with Gasteiger partial charge in [-0.2, -0.15) is 0 Å². The smallest absolute Gasteiger partial charge is 0.335 e. The second-order valence-corrected chi connectivity index (χ2v) is 6.47. The highest BCUT2D eigenvalue weighted by Gasteiger charge is 2.36. The molecule has 1 N–H and O–H groups in total. The van der Waals surface area contributed by atoms with Crippen LogP contribution in [-0.2, 0) is 9.59 Å². The highest BCUT2D eigenvalue weighted by molar-refractivity contribution is 6.39. The highest BCUT2D eigenvalue weighted by atomic mass is 35.5. The van der Waals surface area contributed by atoms with Gasteiger partial charge in [0, 0.05) is 5.02 Å². The van der Waals surface area contributed by atoms with Crippen LogP contribution in [-0.4, -0.2) is 24.5 Å². The summed E-state index contributed by atoms with van der Waals surface area (Å²) in [6.07, 6.45) is 3.02. The van der Waals surface area contributed by atoms with E-state index in [0.717, 1.165) is 10.5 Å². The van der Waals surface area contributed by atoms with E-state index in [4.69, 9.17) is 16.3 Å². The number of ether oxygens (including phenoxy) is 1. The van der Waals surface area contributed by atoms with Crippen molar-refractivity contribution in [3.8, 4) is 5.75 Å². The van der Waals surface area contributed by atoms with Crippen molar-refractivity contribution in [3.63, 3.8) is 0 Å². The van der Waals surface area contributed by atoms with Crippen LogP contribution in [0, 0.1) is 6.92 Å². The fourth-order valence-electron chi connectivity index (χ4n) is 2.63. The Morgan fingerprint density at radius 3 is 2.68 bits per heavy atom. The van der Waals surface area contributed by atoms with Gasteiger partial charge in [-0.25, -0.2) is 9.69 Å². The number of anilines is 1. The van der Waals surface area contributed by atoms with Gasteiger partial charge in [0.15, 0.2) is 0 Å². The summed E-state index contributed by atoms with van der Waals surface area (Å²) in [6.45, 7) is 5.72. The van der Waals surface area contributed by atoms with E-state index in [1.165, 1.54) is 12.1 Å². The number of nitrogens with zero attached hydrogens (tertiary/aromatic N) is 1. The number of barbiturate groups is 1. The lowest BCUT2D eigenvalue weighted by molar-refractivity contribution is -0.122. The van der Waals surface area contributed by atoms with Crippen LogP contribution in [0.1, 0.15) is 11.1 Å². The number of urea groups is 1. The van der Waals surface area contributed by atoms with E-state index in [-0.39, 0.29) is 11.3 Å². The predicted molar refractivity (Wildman–Crippen MR) is 107 cm³/mol. The minimum absolute atomic E-state index is 0.169. The molecule has 1 fully saturated rings. The molecule has 142 valence electrons. The number of amides is 4. The number of halogens is 1. The molecule has 28 heavy (non-hydrogen) atoms. The van der Waals surface area contributed by atoms with Gasteiger partial charge in [-0.15, -0.1) is 0 Å². The van der Waals surface area contributed by atoms with Crippen LogP contribution in [0.2, 0.25) is 5.02 Å². The first-order valence-electron chi connectivity index (χ1n) is 8.42. The van der Waals surface area contributed by atoms with Gasteiger partial charge in [-0.05, 0) is 48.4 Å². The second kappa shape index (κ2) is 8.10. The molecule has 0 bridgehead atoms. The zero-order chi connectivity index (χ0) is 20.3. The number of carbonyl (C=O) groups is 3. The van der Waals surface area contributed by atoms with Crippen molar-refractivity contribution in [2.75, 3.05) is 11.5 Å². The normalized spacial score (nSPS) is 15.6. The van der Waals surface area contributed by atoms with Crippen LogP contribution in [0.3, 0.4) is 0 Å². The number of hydrogen-bond acceptors (Lipinski definition) is 4. The Balaban J connectivity index is 1.96. The number of hydrogen-bond donors (Lipinski definition) is 1. The third-order valence-electron chi connectivity index (χ3n) is 4.05.